The first-order valence-corrected chi connectivity index (χ1v) is 13.8. The fourth-order valence-electron chi connectivity index (χ4n) is 5.42. The van der Waals surface area contributed by atoms with Crippen molar-refractivity contribution in [2.24, 2.45) is 0 Å². The molecule has 0 bridgehead atoms. The summed E-state index contributed by atoms with van der Waals surface area (Å²) in [6.45, 7) is -0.0515. The van der Waals surface area contributed by atoms with Crippen LogP contribution in [0.5, 0.6) is 0 Å². The van der Waals surface area contributed by atoms with E-state index in [-0.39, 0.29) is 12.7 Å². The summed E-state index contributed by atoms with van der Waals surface area (Å²) in [6.07, 6.45) is 1.23. The highest BCUT2D eigenvalue weighted by Crippen LogP contribution is 2.45. The number of carbonyl (C=O) groups excluding carboxylic acids is 2. The summed E-state index contributed by atoms with van der Waals surface area (Å²) < 4.78 is 37.4. The van der Waals surface area contributed by atoms with Crippen LogP contribution in [0.3, 0.4) is 0 Å². The summed E-state index contributed by atoms with van der Waals surface area (Å²) in [4.78, 5) is 26.2. The topological polar surface area (TPSA) is 89.5 Å². The average Bonchev–Trinajstić information content (AvgIpc) is 3.40. The zero-order chi connectivity index (χ0) is 27.4. The number of rotatable bonds is 7. The molecule has 5 atom stereocenters. The van der Waals surface area contributed by atoms with Crippen LogP contribution in [0.15, 0.2) is 91.0 Å². The zero-order valence-electron chi connectivity index (χ0n) is 22.1. The van der Waals surface area contributed by atoms with E-state index < -0.39 is 42.5 Å². The smallest absolute Gasteiger partial charge is 0.338 e. The van der Waals surface area contributed by atoms with Gasteiger partial charge in [0.25, 0.3) is 0 Å². The fourth-order valence-corrected chi connectivity index (χ4v) is 5.42. The van der Waals surface area contributed by atoms with Gasteiger partial charge in [-0.05, 0) is 37.1 Å². The first kappa shape index (κ1) is 26.7. The van der Waals surface area contributed by atoms with Crippen LogP contribution in [0, 0.1) is 0 Å². The first-order valence-electron chi connectivity index (χ1n) is 13.8. The predicted molar refractivity (Wildman–Crippen MR) is 143 cm³/mol. The third-order valence-corrected chi connectivity index (χ3v) is 7.47. The van der Waals surface area contributed by atoms with Crippen LogP contribution >= 0.6 is 0 Å². The number of ether oxygens (including phenoxy) is 6. The minimum absolute atomic E-state index is 0.0515. The van der Waals surface area contributed by atoms with Crippen molar-refractivity contribution in [2.45, 2.75) is 68.8 Å². The van der Waals surface area contributed by atoms with Crippen molar-refractivity contribution in [3.05, 3.63) is 108 Å². The van der Waals surface area contributed by atoms with Crippen LogP contribution < -0.4 is 0 Å². The van der Waals surface area contributed by atoms with E-state index in [2.05, 4.69) is 0 Å². The Hall–Kier alpha value is -3.56. The second-order valence-corrected chi connectivity index (χ2v) is 10.2. The summed E-state index contributed by atoms with van der Waals surface area (Å²) in [6, 6.07) is 26.7. The molecule has 3 aromatic rings. The van der Waals surface area contributed by atoms with Gasteiger partial charge in [-0.25, -0.2) is 9.59 Å². The highest BCUT2D eigenvalue weighted by atomic mass is 16.9. The third-order valence-electron chi connectivity index (χ3n) is 7.47. The molecule has 3 fully saturated rings. The Morgan fingerprint density at radius 2 is 1.27 bits per heavy atom. The fraction of sp³-hybridized carbons (Fsp3) is 0.375. The Labute approximate surface area is 233 Å². The Morgan fingerprint density at radius 3 is 1.90 bits per heavy atom. The molecule has 3 aliphatic rings. The molecular formula is C32H32O8. The SMILES string of the molecule is O=C(O[C@@H]1[C@H]2O[C@@](OC3CCCCC3)(c3ccccc3)O[C@H]2OC[C@H]1OC(=O)c1ccccc1)c1ccccc1. The number of hydrogen-bond acceptors (Lipinski definition) is 8. The van der Waals surface area contributed by atoms with E-state index in [9.17, 15) is 9.59 Å². The Kier molecular flexibility index (Phi) is 7.93. The van der Waals surface area contributed by atoms with E-state index in [1.807, 2.05) is 42.5 Å². The van der Waals surface area contributed by atoms with Gasteiger partial charge in [-0.1, -0.05) is 86.0 Å². The number of fused-ring (bicyclic) bond motifs is 1. The van der Waals surface area contributed by atoms with Gasteiger partial charge in [0.05, 0.1) is 23.8 Å². The summed E-state index contributed by atoms with van der Waals surface area (Å²) in [5.41, 5.74) is 1.41. The van der Waals surface area contributed by atoms with E-state index >= 15 is 0 Å². The molecule has 2 saturated heterocycles. The molecule has 208 valence electrons. The van der Waals surface area contributed by atoms with Crippen LogP contribution in [0.1, 0.15) is 58.4 Å². The van der Waals surface area contributed by atoms with E-state index in [0.717, 1.165) is 25.7 Å². The van der Waals surface area contributed by atoms with Crippen molar-refractivity contribution in [3.63, 3.8) is 0 Å². The maximum Gasteiger partial charge on any atom is 0.338 e. The normalized spacial score (nSPS) is 28.4. The summed E-state index contributed by atoms with van der Waals surface area (Å²) in [7, 11) is 0. The van der Waals surface area contributed by atoms with Gasteiger partial charge in [0.2, 0.25) is 0 Å². The molecular weight excluding hydrogens is 512 g/mol. The Morgan fingerprint density at radius 1 is 0.700 bits per heavy atom. The Balaban J connectivity index is 1.30. The molecule has 8 heteroatoms. The standard InChI is InChI=1S/C32H32O8/c33-29(22-13-5-1-6-14-22)36-26-21-35-31-28(27(26)37-30(34)23-15-7-2-8-16-23)39-32(40-31,24-17-9-3-10-18-24)38-25-19-11-4-12-20-25/h1-3,5-10,13-18,25-28,31H,4,11-12,19-21H2/t26-,27+,28-,31-,32+/m1/s1. The number of hydrogen-bond donors (Lipinski definition) is 0. The zero-order valence-corrected chi connectivity index (χ0v) is 22.1. The second-order valence-electron chi connectivity index (χ2n) is 10.2. The van der Waals surface area contributed by atoms with Crippen molar-refractivity contribution in [3.8, 4) is 0 Å². The molecule has 1 saturated carbocycles. The molecule has 2 heterocycles. The van der Waals surface area contributed by atoms with Crippen molar-refractivity contribution < 1.29 is 38.0 Å². The second kappa shape index (κ2) is 11.9. The first-order chi connectivity index (χ1) is 19.6. The van der Waals surface area contributed by atoms with Crippen molar-refractivity contribution in [2.75, 3.05) is 6.61 Å². The molecule has 0 spiro atoms. The molecule has 40 heavy (non-hydrogen) atoms. The highest BCUT2D eigenvalue weighted by molar-refractivity contribution is 5.90. The molecule has 0 N–H and O–H groups in total. The predicted octanol–water partition coefficient (Wildman–Crippen LogP) is 5.37. The maximum absolute atomic E-state index is 13.2. The van der Waals surface area contributed by atoms with Crippen molar-refractivity contribution in [1.82, 2.24) is 0 Å². The highest BCUT2D eigenvalue weighted by Gasteiger charge is 2.60. The monoisotopic (exact) mass is 544 g/mol. The molecule has 0 radical (unpaired) electrons. The van der Waals surface area contributed by atoms with E-state index in [1.54, 1.807) is 48.5 Å². The lowest BCUT2D eigenvalue weighted by Crippen LogP contribution is -2.55. The molecule has 0 unspecified atom stereocenters. The van der Waals surface area contributed by atoms with Crippen LogP contribution in [-0.4, -0.2) is 49.3 Å². The van der Waals surface area contributed by atoms with Gasteiger partial charge in [-0.3, -0.25) is 4.74 Å². The summed E-state index contributed by atoms with van der Waals surface area (Å²) in [5.74, 6) is -2.69. The van der Waals surface area contributed by atoms with Gasteiger partial charge in [0.15, 0.2) is 24.6 Å². The molecule has 2 aliphatic heterocycles. The molecule has 1 aliphatic carbocycles. The third kappa shape index (κ3) is 5.67. The van der Waals surface area contributed by atoms with Gasteiger partial charge in [-0.2, -0.15) is 0 Å². The molecule has 6 rings (SSSR count). The van der Waals surface area contributed by atoms with Crippen LogP contribution in [0.4, 0.5) is 0 Å². The number of benzene rings is 3. The van der Waals surface area contributed by atoms with Crippen molar-refractivity contribution >= 4 is 11.9 Å². The number of esters is 2. The molecule has 0 aromatic heterocycles. The Bertz CT molecular complexity index is 1280. The molecule has 8 nitrogen and oxygen atoms in total. The van der Waals surface area contributed by atoms with Crippen molar-refractivity contribution in [1.29, 1.82) is 0 Å². The van der Waals surface area contributed by atoms with Crippen LogP contribution in [0.25, 0.3) is 0 Å². The lowest BCUT2D eigenvalue weighted by Gasteiger charge is -2.36. The van der Waals surface area contributed by atoms with E-state index in [1.165, 1.54) is 6.42 Å². The minimum Gasteiger partial charge on any atom is -0.452 e. The van der Waals surface area contributed by atoms with Gasteiger partial charge in [0.1, 0.15) is 0 Å². The average molecular weight is 545 g/mol. The van der Waals surface area contributed by atoms with Gasteiger partial charge in [-0.15, -0.1) is 0 Å². The number of carbonyl (C=O) groups is 2. The van der Waals surface area contributed by atoms with E-state index in [4.69, 9.17) is 28.4 Å². The maximum atomic E-state index is 13.2. The van der Waals surface area contributed by atoms with Crippen LogP contribution in [0.2, 0.25) is 0 Å². The minimum atomic E-state index is -1.56. The lowest BCUT2D eigenvalue weighted by molar-refractivity contribution is -0.381. The quantitative estimate of drug-likeness (QED) is 0.367. The largest absolute Gasteiger partial charge is 0.452 e. The summed E-state index contributed by atoms with van der Waals surface area (Å²) in [5, 5.41) is 0. The van der Waals surface area contributed by atoms with Crippen LogP contribution in [-0.2, 0) is 34.4 Å². The molecule has 3 aromatic carbocycles. The van der Waals surface area contributed by atoms with Gasteiger partial charge >= 0.3 is 17.9 Å². The van der Waals surface area contributed by atoms with Gasteiger partial charge in [0, 0.05) is 5.56 Å². The molecule has 0 amide bonds. The summed E-state index contributed by atoms with van der Waals surface area (Å²) >= 11 is 0. The van der Waals surface area contributed by atoms with E-state index in [0.29, 0.717) is 16.7 Å². The lowest BCUT2D eigenvalue weighted by atomic mass is 9.97. The van der Waals surface area contributed by atoms with Gasteiger partial charge < -0.3 is 23.7 Å².